The first-order valence-electron chi connectivity index (χ1n) is 8.60. The van der Waals surface area contributed by atoms with Gasteiger partial charge in [0.2, 0.25) is 5.91 Å². The Balaban J connectivity index is 1.83. The molecule has 1 atom stereocenters. The number of rotatable bonds is 4. The van der Waals surface area contributed by atoms with Crippen LogP contribution in [0, 0.1) is 0 Å². The number of anilines is 1. The first kappa shape index (κ1) is 19.8. The lowest BCUT2D eigenvalue weighted by Gasteiger charge is -2.31. The van der Waals surface area contributed by atoms with Gasteiger partial charge in [-0.25, -0.2) is 0 Å². The summed E-state index contributed by atoms with van der Waals surface area (Å²) in [4.78, 5) is 27.7. The van der Waals surface area contributed by atoms with E-state index in [2.05, 4.69) is 5.10 Å². The lowest BCUT2D eigenvalue weighted by Crippen LogP contribution is -2.46. The average molecular weight is 408 g/mol. The molecule has 2 heterocycles. The highest BCUT2D eigenvalue weighted by Crippen LogP contribution is 2.39. The van der Waals surface area contributed by atoms with Gasteiger partial charge in [0.05, 0.1) is 10.1 Å². The van der Waals surface area contributed by atoms with Gasteiger partial charge in [0.25, 0.3) is 0 Å². The normalized spacial score (nSPS) is 17.0. The number of carbonyl (C=O) groups is 2. The molecule has 27 heavy (non-hydrogen) atoms. The zero-order valence-electron chi connectivity index (χ0n) is 15.7. The highest BCUT2D eigenvalue weighted by atomic mass is 35.5. The summed E-state index contributed by atoms with van der Waals surface area (Å²) in [6.07, 6.45) is 2.41. The number of carbonyl (C=O) groups excluding carboxylic acids is 2. The zero-order chi connectivity index (χ0) is 19.8. The molecule has 0 fully saturated rings. The molecule has 1 aromatic carbocycles. The second-order valence-electron chi connectivity index (χ2n) is 7.44. The molecule has 0 radical (unpaired) electrons. The molecule has 144 valence electrons. The Hall–Kier alpha value is -1.99. The van der Waals surface area contributed by atoms with Crippen molar-refractivity contribution in [1.29, 1.82) is 0 Å². The molecule has 0 aliphatic carbocycles. The van der Waals surface area contributed by atoms with Crippen molar-refractivity contribution in [3.05, 3.63) is 41.0 Å². The van der Waals surface area contributed by atoms with Crippen LogP contribution < -0.4 is 4.90 Å². The van der Waals surface area contributed by atoms with Crippen LogP contribution in [0.15, 0.2) is 35.4 Å². The van der Waals surface area contributed by atoms with E-state index in [1.165, 1.54) is 16.7 Å². The Kier molecular flexibility index (Phi) is 5.53. The number of esters is 1. The van der Waals surface area contributed by atoms with E-state index in [-0.39, 0.29) is 17.7 Å². The number of fused-ring (bicyclic) bond motifs is 1. The van der Waals surface area contributed by atoms with Crippen molar-refractivity contribution in [3.8, 4) is 0 Å². The van der Waals surface area contributed by atoms with Gasteiger partial charge in [-0.15, -0.1) is 11.8 Å². The number of hydrogen-bond acceptors (Lipinski definition) is 5. The molecule has 0 saturated carbocycles. The van der Waals surface area contributed by atoms with E-state index in [1.54, 1.807) is 32.5 Å². The van der Waals surface area contributed by atoms with E-state index in [1.807, 2.05) is 30.5 Å². The number of benzene rings is 1. The van der Waals surface area contributed by atoms with E-state index in [0.29, 0.717) is 17.3 Å². The van der Waals surface area contributed by atoms with Gasteiger partial charge in [-0.1, -0.05) is 23.7 Å². The zero-order valence-corrected chi connectivity index (χ0v) is 17.3. The quantitative estimate of drug-likeness (QED) is 0.726. The average Bonchev–Trinajstić information content (AvgIpc) is 2.92. The largest absolute Gasteiger partial charge is 0.459 e. The lowest BCUT2D eigenvalue weighted by atomic mass is 10.1. The Morgan fingerprint density at radius 1 is 1.30 bits per heavy atom. The van der Waals surface area contributed by atoms with Crippen LogP contribution in [0.1, 0.15) is 26.3 Å². The van der Waals surface area contributed by atoms with Crippen LogP contribution in [0.25, 0.3) is 0 Å². The molecule has 1 unspecified atom stereocenters. The topological polar surface area (TPSA) is 64.4 Å². The van der Waals surface area contributed by atoms with Gasteiger partial charge in [0.1, 0.15) is 12.1 Å². The van der Waals surface area contributed by atoms with E-state index in [9.17, 15) is 9.59 Å². The summed E-state index contributed by atoms with van der Waals surface area (Å²) < 4.78 is 7.04. The summed E-state index contributed by atoms with van der Waals surface area (Å²) in [5, 5.41) is 4.67. The van der Waals surface area contributed by atoms with Crippen LogP contribution in [0.5, 0.6) is 0 Å². The Morgan fingerprint density at radius 2 is 1.96 bits per heavy atom. The number of hydrogen-bond donors (Lipinski definition) is 0. The third kappa shape index (κ3) is 4.84. The highest BCUT2D eigenvalue weighted by Gasteiger charge is 2.37. The number of ether oxygens (including phenoxy) is 1. The predicted molar refractivity (Wildman–Crippen MR) is 106 cm³/mol. The Bertz CT molecular complexity index is 858. The van der Waals surface area contributed by atoms with Crippen LogP contribution in [-0.4, -0.2) is 39.1 Å². The summed E-state index contributed by atoms with van der Waals surface area (Å²) in [6, 6.07) is 7.44. The first-order chi connectivity index (χ1) is 12.6. The third-order valence-corrected chi connectivity index (χ3v) is 5.33. The van der Waals surface area contributed by atoms with Crippen molar-refractivity contribution in [2.45, 2.75) is 42.9 Å². The van der Waals surface area contributed by atoms with Crippen LogP contribution in [-0.2, 0) is 27.8 Å². The monoisotopic (exact) mass is 407 g/mol. The van der Waals surface area contributed by atoms with Crippen molar-refractivity contribution in [2.24, 2.45) is 7.05 Å². The van der Waals surface area contributed by atoms with Crippen LogP contribution in [0.2, 0.25) is 5.02 Å². The Morgan fingerprint density at radius 3 is 2.59 bits per heavy atom. The van der Waals surface area contributed by atoms with E-state index in [4.69, 9.17) is 16.3 Å². The molecule has 1 aromatic heterocycles. The van der Waals surface area contributed by atoms with E-state index in [0.717, 1.165) is 10.5 Å². The molecule has 8 heteroatoms. The SMILES string of the molecule is Cn1cc2c(n1)N(CC(=O)OC(C)(C)C)C(=O)C(Cc1ccc(Cl)cc1)S2. The minimum atomic E-state index is -0.611. The van der Waals surface area contributed by atoms with Gasteiger partial charge >= 0.3 is 5.97 Å². The number of nitrogens with zero attached hydrogens (tertiary/aromatic N) is 3. The summed E-state index contributed by atoms with van der Waals surface area (Å²) >= 11 is 7.41. The second-order valence-corrected chi connectivity index (χ2v) is 9.12. The molecular weight excluding hydrogens is 386 g/mol. The summed E-state index contributed by atoms with van der Waals surface area (Å²) in [7, 11) is 1.79. The fourth-order valence-corrected chi connectivity index (χ4v) is 4.23. The summed E-state index contributed by atoms with van der Waals surface area (Å²) in [5.74, 6) is -0.0951. The molecule has 0 saturated heterocycles. The summed E-state index contributed by atoms with van der Waals surface area (Å²) in [5.41, 5.74) is 0.398. The first-order valence-corrected chi connectivity index (χ1v) is 9.86. The standard InChI is InChI=1S/C19H22ClN3O3S/c1-19(2,3)26-16(24)11-23-17-15(10-22(4)21-17)27-14(18(23)25)9-12-5-7-13(20)8-6-12/h5-8,10,14H,9,11H2,1-4H3. The lowest BCUT2D eigenvalue weighted by molar-refractivity contribution is -0.153. The van der Waals surface area contributed by atoms with Crippen molar-refractivity contribution < 1.29 is 14.3 Å². The minimum absolute atomic E-state index is 0.146. The molecular formula is C19H22ClN3O3S. The predicted octanol–water partition coefficient (Wildman–Crippen LogP) is 3.47. The Labute approximate surface area is 167 Å². The van der Waals surface area contributed by atoms with Crippen molar-refractivity contribution in [2.75, 3.05) is 11.4 Å². The van der Waals surface area contributed by atoms with Gasteiger partial charge < -0.3 is 4.74 Å². The van der Waals surface area contributed by atoms with Crippen LogP contribution in [0.3, 0.4) is 0 Å². The third-order valence-electron chi connectivity index (χ3n) is 3.88. The van der Waals surface area contributed by atoms with Crippen LogP contribution in [0.4, 0.5) is 5.82 Å². The van der Waals surface area contributed by atoms with Crippen LogP contribution >= 0.6 is 23.4 Å². The number of halogens is 1. The molecule has 6 nitrogen and oxygen atoms in total. The molecule has 0 bridgehead atoms. The van der Waals surface area contributed by atoms with Gasteiger partial charge in [-0.3, -0.25) is 19.2 Å². The molecule has 0 N–H and O–H groups in total. The molecule has 2 aromatic rings. The fraction of sp³-hybridized carbons (Fsp3) is 0.421. The fourth-order valence-electron chi connectivity index (χ4n) is 2.83. The molecule has 3 rings (SSSR count). The van der Waals surface area contributed by atoms with Crippen molar-refractivity contribution in [1.82, 2.24) is 9.78 Å². The number of thioether (sulfide) groups is 1. The molecule has 0 spiro atoms. The highest BCUT2D eigenvalue weighted by molar-refractivity contribution is 8.01. The van der Waals surface area contributed by atoms with Crippen molar-refractivity contribution in [3.63, 3.8) is 0 Å². The number of aromatic nitrogens is 2. The summed E-state index contributed by atoms with van der Waals surface area (Å²) in [6.45, 7) is 5.24. The molecule has 1 aliphatic heterocycles. The van der Waals surface area contributed by atoms with Crippen molar-refractivity contribution >= 4 is 41.1 Å². The number of aryl methyl sites for hydroxylation is 1. The minimum Gasteiger partial charge on any atom is -0.459 e. The van der Waals surface area contributed by atoms with Gasteiger partial charge in [0.15, 0.2) is 5.82 Å². The van der Waals surface area contributed by atoms with Gasteiger partial charge in [0, 0.05) is 18.3 Å². The smallest absolute Gasteiger partial charge is 0.326 e. The maximum Gasteiger partial charge on any atom is 0.326 e. The maximum atomic E-state index is 13.1. The van der Waals surface area contributed by atoms with Gasteiger partial charge in [-0.05, 0) is 44.9 Å². The molecule has 1 amide bonds. The van der Waals surface area contributed by atoms with E-state index < -0.39 is 11.6 Å². The van der Waals surface area contributed by atoms with Gasteiger partial charge in [-0.2, -0.15) is 5.10 Å². The molecule has 1 aliphatic rings. The van der Waals surface area contributed by atoms with E-state index >= 15 is 0 Å². The number of amides is 1. The second kappa shape index (κ2) is 7.56. The maximum absolute atomic E-state index is 13.1.